The molecule has 2 aromatic rings. The number of hydrogen-bond donors (Lipinski definition) is 2. The molecule has 1 aliphatic heterocycles. The van der Waals surface area contributed by atoms with E-state index in [0.717, 1.165) is 57.1 Å². The Morgan fingerprint density at radius 1 is 1.14 bits per heavy atom. The molecule has 158 valence electrons. The zero-order valence-electron chi connectivity index (χ0n) is 17.5. The summed E-state index contributed by atoms with van der Waals surface area (Å²) in [7, 11) is 0. The van der Waals surface area contributed by atoms with E-state index < -0.39 is 0 Å². The molecule has 8 heteroatoms. The maximum atomic E-state index is 12.3. The van der Waals surface area contributed by atoms with Crippen molar-refractivity contribution < 1.29 is 4.79 Å². The Balaban J connectivity index is 1.40. The van der Waals surface area contributed by atoms with Gasteiger partial charge >= 0.3 is 0 Å². The lowest BCUT2D eigenvalue weighted by Crippen LogP contribution is -2.46. The van der Waals surface area contributed by atoms with Gasteiger partial charge < -0.3 is 15.1 Å². The van der Waals surface area contributed by atoms with Crippen LogP contribution in [0, 0.1) is 11.7 Å². The third kappa shape index (κ3) is 6.22. The molecule has 0 saturated carbocycles. The van der Waals surface area contributed by atoms with Crippen LogP contribution in [-0.4, -0.2) is 76.3 Å². The lowest BCUT2D eigenvalue weighted by Gasteiger charge is -2.33. The molecule has 1 aliphatic rings. The van der Waals surface area contributed by atoms with Crippen molar-refractivity contribution in [1.29, 1.82) is 0 Å². The molecule has 0 atom stereocenters. The molecular weight excluding hydrogens is 384 g/mol. The van der Waals surface area contributed by atoms with E-state index in [-0.39, 0.29) is 5.91 Å². The average Bonchev–Trinajstić information content (AvgIpc) is 3.11. The van der Waals surface area contributed by atoms with E-state index in [1.807, 2.05) is 28.8 Å². The molecule has 7 nitrogen and oxygen atoms in total. The van der Waals surface area contributed by atoms with Crippen molar-refractivity contribution in [2.75, 3.05) is 45.8 Å². The van der Waals surface area contributed by atoms with Crippen LogP contribution in [0.3, 0.4) is 0 Å². The minimum Gasteiger partial charge on any atom is -0.356 e. The van der Waals surface area contributed by atoms with Crippen molar-refractivity contribution in [1.82, 2.24) is 29.9 Å². The van der Waals surface area contributed by atoms with Crippen LogP contribution in [0.5, 0.6) is 0 Å². The molecular formula is C21H32N6OS. The van der Waals surface area contributed by atoms with Crippen molar-refractivity contribution in [2.45, 2.75) is 33.2 Å². The smallest absolute Gasteiger partial charge is 0.221 e. The minimum atomic E-state index is 0.0544. The fourth-order valence-corrected chi connectivity index (χ4v) is 3.83. The first-order chi connectivity index (χ1) is 14.1. The Hall–Kier alpha value is -2.03. The van der Waals surface area contributed by atoms with Crippen molar-refractivity contribution in [3.8, 4) is 11.4 Å². The van der Waals surface area contributed by atoms with Crippen LogP contribution in [0.1, 0.15) is 25.3 Å². The predicted octanol–water partition coefficient (Wildman–Crippen LogP) is 2.45. The molecule has 1 aromatic heterocycles. The fourth-order valence-electron chi connectivity index (χ4n) is 3.61. The van der Waals surface area contributed by atoms with Crippen LogP contribution in [0.25, 0.3) is 11.4 Å². The summed E-state index contributed by atoms with van der Waals surface area (Å²) in [5.41, 5.74) is 2.19. The van der Waals surface area contributed by atoms with E-state index in [1.165, 1.54) is 5.56 Å². The second-order valence-corrected chi connectivity index (χ2v) is 7.99. The third-order valence-electron chi connectivity index (χ3n) is 5.52. The molecule has 0 bridgehead atoms. The number of carbonyl (C=O) groups is 1. The van der Waals surface area contributed by atoms with E-state index in [9.17, 15) is 4.79 Å². The summed E-state index contributed by atoms with van der Waals surface area (Å²) in [6.45, 7) is 12.2. The summed E-state index contributed by atoms with van der Waals surface area (Å²) in [6, 6.07) is 8.15. The van der Waals surface area contributed by atoms with Gasteiger partial charge in [-0.15, -0.1) is 0 Å². The van der Waals surface area contributed by atoms with E-state index in [0.29, 0.717) is 24.3 Å². The number of rotatable bonds is 9. The number of aromatic amines is 1. The standard InChI is InChI=1S/C21H32N6OS/c1-3-25-13-15-26(16-14-25)11-4-10-22-19(28)9-12-27-20(23-24-21(27)29)18-7-5-17(2)6-8-18/h5-8H,3-4,9-16H2,1-2H3,(H,22,28)(H,24,29). The number of carbonyl (C=O) groups excluding carboxylic acids is 1. The van der Waals surface area contributed by atoms with Crippen LogP contribution < -0.4 is 5.32 Å². The highest BCUT2D eigenvalue weighted by atomic mass is 32.1. The number of aryl methyl sites for hydroxylation is 1. The number of nitrogens with one attached hydrogen (secondary N) is 2. The Bertz CT molecular complexity index is 836. The number of piperazine rings is 1. The molecule has 0 unspecified atom stereocenters. The van der Waals surface area contributed by atoms with Gasteiger partial charge in [-0.1, -0.05) is 36.8 Å². The summed E-state index contributed by atoms with van der Waals surface area (Å²) < 4.78 is 2.44. The molecule has 0 aliphatic carbocycles. The van der Waals surface area contributed by atoms with Crippen LogP contribution in [0.4, 0.5) is 0 Å². The number of likely N-dealkylation sites (N-methyl/N-ethyl adjacent to an activating group) is 1. The normalized spacial score (nSPS) is 15.5. The minimum absolute atomic E-state index is 0.0544. The fraction of sp³-hybridized carbons (Fsp3) is 0.571. The molecule has 29 heavy (non-hydrogen) atoms. The van der Waals surface area contributed by atoms with Gasteiger partial charge in [0.1, 0.15) is 0 Å². The van der Waals surface area contributed by atoms with Gasteiger partial charge in [0.05, 0.1) is 0 Å². The molecule has 3 rings (SSSR count). The van der Waals surface area contributed by atoms with Gasteiger partial charge in [0.25, 0.3) is 0 Å². The number of nitrogens with zero attached hydrogens (tertiary/aromatic N) is 4. The first-order valence-corrected chi connectivity index (χ1v) is 10.9. The molecule has 0 spiro atoms. The molecule has 1 fully saturated rings. The lowest BCUT2D eigenvalue weighted by atomic mass is 10.1. The van der Waals surface area contributed by atoms with Gasteiger partial charge in [-0.3, -0.25) is 14.5 Å². The Morgan fingerprint density at radius 3 is 2.52 bits per heavy atom. The molecule has 0 radical (unpaired) electrons. The topological polar surface area (TPSA) is 69.2 Å². The Morgan fingerprint density at radius 2 is 1.83 bits per heavy atom. The quantitative estimate of drug-likeness (QED) is 0.485. The Kier molecular flexibility index (Phi) is 7.97. The third-order valence-corrected chi connectivity index (χ3v) is 5.83. The number of H-pyrrole nitrogens is 1. The van der Waals surface area contributed by atoms with E-state index >= 15 is 0 Å². The highest BCUT2D eigenvalue weighted by Crippen LogP contribution is 2.18. The van der Waals surface area contributed by atoms with Crippen LogP contribution in [0.15, 0.2) is 24.3 Å². The van der Waals surface area contributed by atoms with Gasteiger partial charge in [0.2, 0.25) is 5.91 Å². The second kappa shape index (κ2) is 10.7. The number of hydrogen-bond acceptors (Lipinski definition) is 5. The van der Waals surface area contributed by atoms with Gasteiger partial charge in [0, 0.05) is 51.3 Å². The summed E-state index contributed by atoms with van der Waals surface area (Å²) in [5, 5.41) is 10.2. The maximum Gasteiger partial charge on any atom is 0.221 e. The molecule has 2 N–H and O–H groups in total. The second-order valence-electron chi connectivity index (χ2n) is 7.60. The van der Waals surface area contributed by atoms with E-state index in [2.05, 4.69) is 39.2 Å². The SMILES string of the molecule is CCN1CCN(CCCNC(=O)CCn2c(-c3ccc(C)cc3)n[nH]c2=S)CC1. The van der Waals surface area contributed by atoms with Gasteiger partial charge in [-0.25, -0.2) is 0 Å². The van der Waals surface area contributed by atoms with Crippen molar-refractivity contribution >= 4 is 18.1 Å². The lowest BCUT2D eigenvalue weighted by molar-refractivity contribution is -0.121. The van der Waals surface area contributed by atoms with Gasteiger partial charge in [-0.2, -0.15) is 5.10 Å². The van der Waals surface area contributed by atoms with Crippen LogP contribution in [-0.2, 0) is 11.3 Å². The van der Waals surface area contributed by atoms with Crippen molar-refractivity contribution in [3.63, 3.8) is 0 Å². The Labute approximate surface area is 178 Å². The number of amides is 1. The number of aromatic nitrogens is 3. The highest BCUT2D eigenvalue weighted by molar-refractivity contribution is 7.71. The van der Waals surface area contributed by atoms with E-state index in [1.54, 1.807) is 0 Å². The predicted molar refractivity (Wildman–Crippen MR) is 118 cm³/mol. The van der Waals surface area contributed by atoms with Gasteiger partial charge in [-0.05, 0) is 38.7 Å². The van der Waals surface area contributed by atoms with Crippen molar-refractivity contribution in [3.05, 3.63) is 34.6 Å². The number of benzene rings is 1. The molecule has 2 heterocycles. The first-order valence-electron chi connectivity index (χ1n) is 10.5. The molecule has 1 aromatic carbocycles. The van der Waals surface area contributed by atoms with Crippen molar-refractivity contribution in [2.24, 2.45) is 0 Å². The first kappa shape index (κ1) is 21.7. The van der Waals surface area contributed by atoms with E-state index in [4.69, 9.17) is 12.2 Å². The highest BCUT2D eigenvalue weighted by Gasteiger charge is 2.15. The monoisotopic (exact) mass is 416 g/mol. The summed E-state index contributed by atoms with van der Waals surface area (Å²) in [5.74, 6) is 0.827. The van der Waals surface area contributed by atoms with Crippen LogP contribution >= 0.6 is 12.2 Å². The largest absolute Gasteiger partial charge is 0.356 e. The zero-order valence-corrected chi connectivity index (χ0v) is 18.3. The summed E-state index contributed by atoms with van der Waals surface area (Å²) >= 11 is 5.35. The molecule has 1 saturated heterocycles. The zero-order chi connectivity index (χ0) is 20.6. The average molecular weight is 417 g/mol. The summed E-state index contributed by atoms with van der Waals surface area (Å²) in [6.07, 6.45) is 1.37. The molecule has 1 amide bonds. The van der Waals surface area contributed by atoms with Gasteiger partial charge in [0.15, 0.2) is 10.6 Å². The maximum absolute atomic E-state index is 12.3. The summed E-state index contributed by atoms with van der Waals surface area (Å²) in [4.78, 5) is 17.2. The van der Waals surface area contributed by atoms with Crippen LogP contribution in [0.2, 0.25) is 0 Å².